The van der Waals surface area contributed by atoms with E-state index in [0.29, 0.717) is 0 Å². The maximum Gasteiger partial charge on any atom is 0.308 e. The fourth-order valence-electron chi connectivity index (χ4n) is 0.677. The molecule has 0 bridgehead atoms. The zero-order valence-corrected chi connectivity index (χ0v) is 6.78. The number of carboxylic acids is 1. The number of aliphatic hydroxyl groups excluding tert-OH is 1. The number of carboxylic acid groups (broad SMARTS) is 1. The highest BCUT2D eigenvalue weighted by atomic mass is 16.5. The van der Waals surface area contributed by atoms with E-state index in [9.17, 15) is 14.7 Å². The van der Waals surface area contributed by atoms with Crippen LogP contribution in [0, 0.1) is 0 Å². The van der Waals surface area contributed by atoms with Crippen LogP contribution in [0.1, 0.15) is 19.8 Å². The Labute approximate surface area is 70.0 Å². The molecule has 0 spiro atoms. The number of esters is 1. The van der Waals surface area contributed by atoms with Crippen LogP contribution >= 0.6 is 0 Å². The van der Waals surface area contributed by atoms with Crippen molar-refractivity contribution in [3.05, 3.63) is 0 Å². The first-order chi connectivity index (χ1) is 5.56. The molecule has 0 unspecified atom stereocenters. The second kappa shape index (κ2) is 5.54. The molecule has 0 aliphatic rings. The van der Waals surface area contributed by atoms with Crippen LogP contribution in [0.5, 0.6) is 0 Å². The molecule has 0 rings (SSSR count). The fraction of sp³-hybridized carbons (Fsp3) is 0.714. The predicted molar refractivity (Wildman–Crippen MR) is 36.9 cm³/mol. The molecule has 1 N–H and O–H groups in total. The monoisotopic (exact) mass is 175 g/mol. The predicted octanol–water partition coefficient (Wildman–Crippen LogP) is -1.56. The molecule has 0 aromatic rings. The average molecular weight is 175 g/mol. The lowest BCUT2D eigenvalue weighted by molar-refractivity contribution is -0.307. The lowest BCUT2D eigenvalue weighted by atomic mass is 10.2. The van der Waals surface area contributed by atoms with Crippen molar-refractivity contribution < 1.29 is 24.5 Å². The number of rotatable bonds is 5. The summed E-state index contributed by atoms with van der Waals surface area (Å²) in [4.78, 5) is 20.6. The minimum atomic E-state index is -1.38. The Balaban J connectivity index is 3.61. The Bertz CT molecular complexity index is 165. The third-order valence-corrected chi connectivity index (χ3v) is 1.11. The largest absolute Gasteiger partial charge is 0.550 e. The first-order valence-corrected chi connectivity index (χ1v) is 3.59. The summed E-state index contributed by atoms with van der Waals surface area (Å²) in [5.74, 6) is -1.99. The molecule has 5 heteroatoms. The summed E-state index contributed by atoms with van der Waals surface area (Å²) in [7, 11) is 0. The number of carbonyl (C=O) groups excluding carboxylic acids is 2. The molecule has 0 aliphatic carbocycles. The first kappa shape index (κ1) is 10.9. The topological polar surface area (TPSA) is 86.7 Å². The van der Waals surface area contributed by atoms with Crippen molar-refractivity contribution in [3.8, 4) is 0 Å². The number of aliphatic carboxylic acids is 1. The molecule has 0 saturated heterocycles. The van der Waals surface area contributed by atoms with Gasteiger partial charge in [0.2, 0.25) is 0 Å². The van der Waals surface area contributed by atoms with Gasteiger partial charge in [-0.3, -0.25) is 4.79 Å². The molecule has 0 amide bonds. The number of ether oxygens (including phenoxy) is 1. The number of aliphatic hydroxyl groups is 1. The molecular formula is C7H11O5-. The van der Waals surface area contributed by atoms with Gasteiger partial charge in [-0.05, 0) is 6.92 Å². The molecule has 0 aromatic carbocycles. The Morgan fingerprint density at radius 3 is 2.50 bits per heavy atom. The van der Waals surface area contributed by atoms with Crippen LogP contribution in [0.15, 0.2) is 0 Å². The summed E-state index contributed by atoms with van der Waals surface area (Å²) in [6, 6.07) is 0. The van der Waals surface area contributed by atoms with E-state index >= 15 is 0 Å². The minimum Gasteiger partial charge on any atom is -0.550 e. The normalized spacial score (nSPS) is 12.2. The number of hydrogen-bond donors (Lipinski definition) is 1. The van der Waals surface area contributed by atoms with Gasteiger partial charge in [0, 0.05) is 12.4 Å². The number of hydrogen-bond acceptors (Lipinski definition) is 5. The molecule has 1 atom stereocenters. The van der Waals surface area contributed by atoms with E-state index in [-0.39, 0.29) is 13.0 Å². The molecule has 0 fully saturated rings. The molecule has 5 nitrogen and oxygen atoms in total. The van der Waals surface area contributed by atoms with Crippen molar-refractivity contribution in [1.82, 2.24) is 0 Å². The van der Waals surface area contributed by atoms with Gasteiger partial charge in [0.05, 0.1) is 19.1 Å². The van der Waals surface area contributed by atoms with Gasteiger partial charge in [-0.1, -0.05) is 0 Å². The van der Waals surface area contributed by atoms with Gasteiger partial charge in [-0.15, -0.1) is 0 Å². The summed E-state index contributed by atoms with van der Waals surface area (Å²) in [5.41, 5.74) is 0. The Morgan fingerprint density at radius 1 is 1.50 bits per heavy atom. The summed E-state index contributed by atoms with van der Waals surface area (Å²) in [5, 5.41) is 18.8. The zero-order chi connectivity index (χ0) is 9.56. The SMILES string of the molecule is CCOC(=O)C[C@@H](O)CC(=O)[O-]. The van der Waals surface area contributed by atoms with E-state index < -0.39 is 24.5 Å². The molecular weight excluding hydrogens is 164 g/mol. The van der Waals surface area contributed by atoms with Crippen LogP contribution in [0.4, 0.5) is 0 Å². The molecule has 0 aromatic heterocycles. The van der Waals surface area contributed by atoms with Crippen LogP contribution in [0.3, 0.4) is 0 Å². The summed E-state index contributed by atoms with van der Waals surface area (Å²) < 4.78 is 4.48. The smallest absolute Gasteiger partial charge is 0.308 e. The molecule has 70 valence electrons. The van der Waals surface area contributed by atoms with Crippen molar-refractivity contribution in [3.63, 3.8) is 0 Å². The van der Waals surface area contributed by atoms with Crippen molar-refractivity contribution in [2.24, 2.45) is 0 Å². The standard InChI is InChI=1S/C7H12O5/c1-2-12-7(11)4-5(8)3-6(9)10/h5,8H,2-4H2,1H3,(H,9,10)/p-1/t5-/m0/s1. The average Bonchev–Trinajstić information content (AvgIpc) is 1.84. The van der Waals surface area contributed by atoms with E-state index in [1.807, 2.05) is 0 Å². The minimum absolute atomic E-state index is 0.219. The summed E-state index contributed by atoms with van der Waals surface area (Å²) in [6.45, 7) is 1.85. The van der Waals surface area contributed by atoms with E-state index in [0.717, 1.165) is 0 Å². The highest BCUT2D eigenvalue weighted by Crippen LogP contribution is 1.98. The lowest BCUT2D eigenvalue weighted by Crippen LogP contribution is -2.28. The summed E-state index contributed by atoms with van der Waals surface area (Å²) >= 11 is 0. The van der Waals surface area contributed by atoms with Gasteiger partial charge in [0.1, 0.15) is 0 Å². The van der Waals surface area contributed by atoms with Crippen molar-refractivity contribution in [2.75, 3.05) is 6.61 Å². The van der Waals surface area contributed by atoms with Gasteiger partial charge < -0.3 is 19.7 Å². The molecule has 12 heavy (non-hydrogen) atoms. The Hall–Kier alpha value is -1.10. The van der Waals surface area contributed by atoms with E-state index in [1.54, 1.807) is 6.92 Å². The van der Waals surface area contributed by atoms with Crippen molar-refractivity contribution in [1.29, 1.82) is 0 Å². The molecule has 0 heterocycles. The van der Waals surface area contributed by atoms with Crippen LogP contribution < -0.4 is 5.11 Å². The fourth-order valence-corrected chi connectivity index (χ4v) is 0.677. The Kier molecular flexibility index (Phi) is 5.03. The van der Waals surface area contributed by atoms with E-state index in [4.69, 9.17) is 5.11 Å². The molecule has 0 saturated carbocycles. The van der Waals surface area contributed by atoms with Crippen LogP contribution in [0.25, 0.3) is 0 Å². The molecule has 0 aliphatic heterocycles. The van der Waals surface area contributed by atoms with Gasteiger partial charge in [-0.25, -0.2) is 0 Å². The third-order valence-electron chi connectivity index (χ3n) is 1.11. The van der Waals surface area contributed by atoms with Crippen molar-refractivity contribution in [2.45, 2.75) is 25.9 Å². The zero-order valence-electron chi connectivity index (χ0n) is 6.78. The Morgan fingerprint density at radius 2 is 2.08 bits per heavy atom. The van der Waals surface area contributed by atoms with E-state index in [2.05, 4.69) is 4.74 Å². The van der Waals surface area contributed by atoms with Crippen LogP contribution in [-0.4, -0.2) is 29.8 Å². The second-order valence-electron chi connectivity index (χ2n) is 2.24. The van der Waals surface area contributed by atoms with Crippen molar-refractivity contribution >= 4 is 11.9 Å². The maximum atomic E-state index is 10.6. The third kappa shape index (κ3) is 5.67. The van der Waals surface area contributed by atoms with Gasteiger partial charge in [0.25, 0.3) is 0 Å². The lowest BCUT2D eigenvalue weighted by Gasteiger charge is -2.09. The second-order valence-corrected chi connectivity index (χ2v) is 2.24. The van der Waals surface area contributed by atoms with Gasteiger partial charge in [0.15, 0.2) is 0 Å². The highest BCUT2D eigenvalue weighted by Gasteiger charge is 2.11. The summed E-state index contributed by atoms with van der Waals surface area (Å²) in [6.07, 6.45) is -2.06. The van der Waals surface area contributed by atoms with Crippen LogP contribution in [-0.2, 0) is 14.3 Å². The van der Waals surface area contributed by atoms with Crippen LogP contribution in [0.2, 0.25) is 0 Å². The van der Waals surface area contributed by atoms with Gasteiger partial charge >= 0.3 is 5.97 Å². The highest BCUT2D eigenvalue weighted by molar-refractivity contribution is 5.71. The maximum absolute atomic E-state index is 10.6. The van der Waals surface area contributed by atoms with Gasteiger partial charge in [-0.2, -0.15) is 0 Å². The van der Waals surface area contributed by atoms with E-state index in [1.165, 1.54) is 0 Å². The first-order valence-electron chi connectivity index (χ1n) is 3.59. The quantitative estimate of drug-likeness (QED) is 0.510. The number of carbonyl (C=O) groups is 2. The molecule has 0 radical (unpaired) electrons.